The number of rotatable bonds is 5. The second-order valence-corrected chi connectivity index (χ2v) is 5.36. The first kappa shape index (κ1) is 13.4. The Labute approximate surface area is 119 Å². The third-order valence-corrected chi connectivity index (χ3v) is 3.89. The van der Waals surface area contributed by atoms with Crippen molar-refractivity contribution in [3.05, 3.63) is 35.3 Å². The number of aromatic nitrogens is 3. The van der Waals surface area contributed by atoms with Crippen molar-refractivity contribution in [2.45, 2.75) is 52.1 Å². The van der Waals surface area contributed by atoms with Crippen LogP contribution in [0.3, 0.4) is 0 Å². The van der Waals surface area contributed by atoms with Crippen LogP contribution in [-0.4, -0.2) is 21.3 Å². The zero-order chi connectivity index (χ0) is 13.9. The third kappa shape index (κ3) is 2.63. The highest BCUT2D eigenvalue weighted by molar-refractivity contribution is 5.30. The Balaban J connectivity index is 1.78. The van der Waals surface area contributed by atoms with Gasteiger partial charge in [0.25, 0.3) is 0 Å². The van der Waals surface area contributed by atoms with Crippen molar-refractivity contribution in [1.82, 2.24) is 20.1 Å². The molecule has 1 unspecified atom stereocenters. The molecule has 20 heavy (non-hydrogen) atoms. The summed E-state index contributed by atoms with van der Waals surface area (Å²) in [6.07, 6.45) is 8.92. The lowest BCUT2D eigenvalue weighted by atomic mass is 9.91. The van der Waals surface area contributed by atoms with Crippen LogP contribution in [0.5, 0.6) is 0 Å². The van der Waals surface area contributed by atoms with Gasteiger partial charge in [0.05, 0.1) is 0 Å². The van der Waals surface area contributed by atoms with E-state index in [0.717, 1.165) is 13.0 Å². The van der Waals surface area contributed by atoms with Gasteiger partial charge in [-0.25, -0.2) is 0 Å². The topological polar surface area (TPSA) is 55.9 Å². The Morgan fingerprint density at radius 1 is 1.30 bits per heavy atom. The van der Waals surface area contributed by atoms with Crippen LogP contribution in [0.25, 0.3) is 0 Å². The highest BCUT2D eigenvalue weighted by Crippen LogP contribution is 2.30. The molecule has 0 aliphatic heterocycles. The van der Waals surface area contributed by atoms with E-state index in [0.29, 0.717) is 24.4 Å². The molecule has 0 radical (unpaired) electrons. The van der Waals surface area contributed by atoms with Gasteiger partial charge < -0.3 is 14.3 Å². The van der Waals surface area contributed by atoms with Crippen molar-refractivity contribution < 1.29 is 4.42 Å². The van der Waals surface area contributed by atoms with Crippen LogP contribution in [0.4, 0.5) is 0 Å². The van der Waals surface area contributed by atoms with Gasteiger partial charge in [-0.1, -0.05) is 13.8 Å². The second-order valence-electron chi connectivity index (χ2n) is 5.36. The maximum Gasteiger partial charge on any atom is 0.236 e. The molecule has 1 N–H and O–H groups in total. The number of nitrogens with zero attached hydrogens (tertiary/aromatic N) is 3. The lowest BCUT2D eigenvalue weighted by Gasteiger charge is -2.22. The van der Waals surface area contributed by atoms with E-state index in [1.807, 2.05) is 6.92 Å². The van der Waals surface area contributed by atoms with E-state index in [1.165, 1.54) is 30.4 Å². The number of hydrogen-bond donors (Lipinski definition) is 1. The zero-order valence-electron chi connectivity index (χ0n) is 12.2. The summed E-state index contributed by atoms with van der Waals surface area (Å²) in [7, 11) is 0. The number of nitrogens with one attached hydrogen (secondary N) is 1. The molecule has 0 saturated carbocycles. The summed E-state index contributed by atoms with van der Waals surface area (Å²) < 4.78 is 7.76. The number of aryl methyl sites for hydroxylation is 2. The Kier molecular flexibility index (Phi) is 3.87. The maximum absolute atomic E-state index is 5.58. The SMILES string of the molecule is CCNC1CCCc2cn(Cc3nnc(CC)o3)cc21. The highest BCUT2D eigenvalue weighted by Gasteiger charge is 2.21. The van der Waals surface area contributed by atoms with Gasteiger partial charge in [-0.05, 0) is 36.9 Å². The fourth-order valence-corrected chi connectivity index (χ4v) is 2.95. The minimum absolute atomic E-state index is 0.499. The molecule has 0 aromatic carbocycles. The fourth-order valence-electron chi connectivity index (χ4n) is 2.95. The van der Waals surface area contributed by atoms with Gasteiger partial charge in [-0.3, -0.25) is 0 Å². The van der Waals surface area contributed by atoms with Crippen LogP contribution < -0.4 is 5.32 Å². The van der Waals surface area contributed by atoms with Crippen molar-refractivity contribution in [1.29, 1.82) is 0 Å². The van der Waals surface area contributed by atoms with E-state index in [4.69, 9.17) is 4.42 Å². The molecular weight excluding hydrogens is 252 g/mol. The average Bonchev–Trinajstić information content (AvgIpc) is 3.06. The number of hydrogen-bond acceptors (Lipinski definition) is 4. The van der Waals surface area contributed by atoms with E-state index < -0.39 is 0 Å². The van der Waals surface area contributed by atoms with Gasteiger partial charge in [0.1, 0.15) is 6.54 Å². The summed E-state index contributed by atoms with van der Waals surface area (Å²) in [5.74, 6) is 1.40. The Morgan fingerprint density at radius 2 is 2.15 bits per heavy atom. The molecule has 3 rings (SSSR count). The van der Waals surface area contributed by atoms with E-state index in [-0.39, 0.29) is 0 Å². The van der Waals surface area contributed by atoms with Gasteiger partial charge in [0.2, 0.25) is 11.8 Å². The molecule has 5 heteroatoms. The summed E-state index contributed by atoms with van der Waals surface area (Å²) in [6.45, 7) is 5.86. The zero-order valence-corrected chi connectivity index (χ0v) is 12.2. The first-order chi connectivity index (χ1) is 9.80. The van der Waals surface area contributed by atoms with Crippen LogP contribution >= 0.6 is 0 Å². The molecule has 0 bridgehead atoms. The largest absolute Gasteiger partial charge is 0.423 e. The molecule has 0 saturated heterocycles. The van der Waals surface area contributed by atoms with E-state index in [2.05, 4.69) is 39.4 Å². The lowest BCUT2D eigenvalue weighted by Crippen LogP contribution is -2.23. The summed E-state index contributed by atoms with van der Waals surface area (Å²) >= 11 is 0. The van der Waals surface area contributed by atoms with Crippen molar-refractivity contribution in [3.8, 4) is 0 Å². The van der Waals surface area contributed by atoms with Crippen LogP contribution in [-0.2, 0) is 19.4 Å². The van der Waals surface area contributed by atoms with Gasteiger partial charge in [-0.15, -0.1) is 10.2 Å². The van der Waals surface area contributed by atoms with Gasteiger partial charge in [0, 0.05) is 24.9 Å². The van der Waals surface area contributed by atoms with Crippen LogP contribution in [0, 0.1) is 0 Å². The van der Waals surface area contributed by atoms with Crippen molar-refractivity contribution in [2.24, 2.45) is 0 Å². The average molecular weight is 274 g/mol. The molecule has 0 amide bonds. The molecular formula is C15H22N4O. The Bertz CT molecular complexity index is 572. The smallest absolute Gasteiger partial charge is 0.236 e. The molecule has 2 aromatic heterocycles. The lowest BCUT2D eigenvalue weighted by molar-refractivity contribution is 0.442. The van der Waals surface area contributed by atoms with Crippen molar-refractivity contribution >= 4 is 0 Å². The van der Waals surface area contributed by atoms with Crippen molar-refractivity contribution in [3.63, 3.8) is 0 Å². The first-order valence-corrected chi connectivity index (χ1v) is 7.53. The van der Waals surface area contributed by atoms with Gasteiger partial charge >= 0.3 is 0 Å². The quantitative estimate of drug-likeness (QED) is 0.910. The Morgan fingerprint density at radius 3 is 2.90 bits per heavy atom. The predicted octanol–water partition coefficient (Wildman–Crippen LogP) is 2.47. The minimum atomic E-state index is 0.499. The monoisotopic (exact) mass is 274 g/mol. The normalized spacial score (nSPS) is 18.2. The second kappa shape index (κ2) is 5.79. The molecule has 1 aliphatic carbocycles. The van der Waals surface area contributed by atoms with Crippen LogP contribution in [0.2, 0.25) is 0 Å². The molecule has 2 aromatic rings. The summed E-state index contributed by atoms with van der Waals surface area (Å²) in [5.41, 5.74) is 2.89. The molecule has 1 atom stereocenters. The van der Waals surface area contributed by atoms with E-state index in [9.17, 15) is 0 Å². The molecule has 1 aliphatic rings. The molecule has 5 nitrogen and oxygen atoms in total. The molecule has 2 heterocycles. The number of fused-ring (bicyclic) bond motifs is 1. The molecule has 108 valence electrons. The third-order valence-electron chi connectivity index (χ3n) is 3.89. The Hall–Kier alpha value is -1.62. The van der Waals surface area contributed by atoms with E-state index >= 15 is 0 Å². The summed E-state index contributed by atoms with van der Waals surface area (Å²) in [4.78, 5) is 0. The standard InChI is InChI=1S/C15H22N4O/c1-3-14-17-18-15(20-14)10-19-8-11-6-5-7-13(16-4-2)12(11)9-19/h8-9,13,16H,3-7,10H2,1-2H3. The minimum Gasteiger partial charge on any atom is -0.423 e. The van der Waals surface area contributed by atoms with Crippen molar-refractivity contribution in [2.75, 3.05) is 6.54 Å². The van der Waals surface area contributed by atoms with Crippen LogP contribution in [0.15, 0.2) is 16.8 Å². The summed E-state index contributed by atoms with van der Waals surface area (Å²) in [6, 6.07) is 0.499. The van der Waals surface area contributed by atoms with Gasteiger partial charge in [0.15, 0.2) is 0 Å². The molecule has 0 fully saturated rings. The maximum atomic E-state index is 5.58. The van der Waals surface area contributed by atoms with E-state index in [1.54, 1.807) is 0 Å². The van der Waals surface area contributed by atoms with Crippen LogP contribution in [0.1, 0.15) is 55.6 Å². The predicted molar refractivity (Wildman–Crippen MR) is 76.6 cm³/mol. The highest BCUT2D eigenvalue weighted by atomic mass is 16.4. The molecule has 0 spiro atoms. The summed E-state index contributed by atoms with van der Waals surface area (Å²) in [5, 5.41) is 11.7. The van der Waals surface area contributed by atoms with Gasteiger partial charge in [-0.2, -0.15) is 0 Å². The fraction of sp³-hybridized carbons (Fsp3) is 0.600. The first-order valence-electron chi connectivity index (χ1n) is 7.53.